The van der Waals surface area contributed by atoms with E-state index in [0.717, 1.165) is 0 Å². The number of benzene rings is 1. The Balaban J connectivity index is 3.28. The molecule has 0 spiro atoms. The first-order chi connectivity index (χ1) is 7.47. The molecule has 0 saturated heterocycles. The summed E-state index contributed by atoms with van der Waals surface area (Å²) in [6.45, 7) is 0. The maximum absolute atomic E-state index is 10.9. The number of ether oxygens (including phenoxy) is 1. The lowest BCUT2D eigenvalue weighted by Gasteiger charge is -2.11. The molecule has 0 aliphatic heterocycles. The third-order valence-electron chi connectivity index (χ3n) is 2.09. The normalized spacial score (nSPS) is 11.9. The van der Waals surface area contributed by atoms with Crippen LogP contribution in [0.3, 0.4) is 0 Å². The lowest BCUT2D eigenvalue weighted by molar-refractivity contribution is -0.138. The van der Waals surface area contributed by atoms with Crippen LogP contribution >= 0.6 is 0 Å². The number of carboxylic acids is 2. The molecule has 0 aliphatic carbocycles. The molecule has 1 rings (SSSR count). The van der Waals surface area contributed by atoms with Crippen LogP contribution in [0.5, 0.6) is 5.75 Å². The Morgan fingerprint density at radius 1 is 1.38 bits per heavy atom. The van der Waals surface area contributed by atoms with Gasteiger partial charge in [-0.15, -0.1) is 0 Å². The minimum atomic E-state index is -1.36. The Morgan fingerprint density at radius 2 is 2.00 bits per heavy atom. The molecule has 0 radical (unpaired) electrons. The average Bonchev–Trinajstić information content (AvgIpc) is 2.26. The minimum absolute atomic E-state index is 0.0424. The van der Waals surface area contributed by atoms with Gasteiger partial charge in [-0.2, -0.15) is 0 Å². The Kier molecular flexibility index (Phi) is 3.47. The number of aliphatic carboxylic acids is 1. The van der Waals surface area contributed by atoms with Crippen molar-refractivity contribution in [2.75, 3.05) is 7.11 Å². The first-order valence-corrected chi connectivity index (χ1v) is 4.37. The molecule has 0 bridgehead atoms. The summed E-state index contributed by atoms with van der Waals surface area (Å²) in [5.41, 5.74) is 5.23. The van der Waals surface area contributed by atoms with Gasteiger partial charge in [0.1, 0.15) is 11.8 Å². The second-order valence-electron chi connectivity index (χ2n) is 3.07. The molecular formula is C10H11NO5. The van der Waals surface area contributed by atoms with Gasteiger partial charge in [-0.1, -0.05) is 6.07 Å². The molecule has 0 saturated carbocycles. The van der Waals surface area contributed by atoms with E-state index in [-0.39, 0.29) is 11.1 Å². The van der Waals surface area contributed by atoms with Crippen LogP contribution in [0, 0.1) is 0 Å². The Bertz CT molecular complexity index is 429. The Hall–Kier alpha value is -2.08. The van der Waals surface area contributed by atoms with E-state index in [1.54, 1.807) is 0 Å². The lowest BCUT2D eigenvalue weighted by Crippen LogP contribution is -2.23. The molecule has 0 aliphatic rings. The van der Waals surface area contributed by atoms with Crippen LogP contribution in [0.1, 0.15) is 22.0 Å². The summed E-state index contributed by atoms with van der Waals surface area (Å²) in [6.07, 6.45) is 0. The highest BCUT2D eigenvalue weighted by molar-refractivity contribution is 5.92. The fourth-order valence-corrected chi connectivity index (χ4v) is 1.25. The summed E-state index contributed by atoms with van der Waals surface area (Å²) in [6, 6.07) is 2.67. The zero-order valence-corrected chi connectivity index (χ0v) is 8.51. The van der Waals surface area contributed by atoms with Crippen LogP contribution in [0.2, 0.25) is 0 Å². The second kappa shape index (κ2) is 4.63. The number of hydrogen-bond donors (Lipinski definition) is 3. The van der Waals surface area contributed by atoms with Crippen molar-refractivity contribution in [2.24, 2.45) is 5.73 Å². The number of rotatable bonds is 4. The van der Waals surface area contributed by atoms with Crippen LogP contribution in [0.4, 0.5) is 0 Å². The summed E-state index contributed by atoms with van der Waals surface area (Å²) < 4.78 is 4.85. The summed E-state index contributed by atoms with van der Waals surface area (Å²) in [5.74, 6) is -2.20. The molecule has 0 aromatic heterocycles. The molecule has 1 aromatic carbocycles. The average molecular weight is 225 g/mol. The van der Waals surface area contributed by atoms with Gasteiger partial charge in [0, 0.05) is 0 Å². The van der Waals surface area contributed by atoms with Crippen molar-refractivity contribution in [1.82, 2.24) is 0 Å². The van der Waals surface area contributed by atoms with Crippen molar-refractivity contribution in [3.05, 3.63) is 29.3 Å². The van der Waals surface area contributed by atoms with E-state index in [1.165, 1.54) is 25.3 Å². The number of methoxy groups -OCH3 is 1. The number of carbonyl (C=O) groups is 2. The molecular weight excluding hydrogens is 214 g/mol. The van der Waals surface area contributed by atoms with Crippen molar-refractivity contribution < 1.29 is 24.5 Å². The number of hydrogen-bond acceptors (Lipinski definition) is 4. The van der Waals surface area contributed by atoms with Crippen molar-refractivity contribution >= 4 is 11.9 Å². The highest BCUT2D eigenvalue weighted by atomic mass is 16.5. The van der Waals surface area contributed by atoms with Gasteiger partial charge < -0.3 is 20.7 Å². The standard InChI is InChI=1S/C10H11NO5/c1-16-5-2-3-6(8(11)10(14)15)7(4-5)9(12)13/h2-4,8H,11H2,1H3,(H,12,13)(H,14,15)/t8-/m0/s1. The number of aromatic carboxylic acids is 1. The quantitative estimate of drug-likeness (QED) is 0.687. The summed E-state index contributed by atoms with van der Waals surface area (Å²) in [5, 5.41) is 17.6. The predicted octanol–water partition coefficient (Wildman–Crippen LogP) is 0.478. The zero-order valence-electron chi connectivity index (χ0n) is 8.51. The van der Waals surface area contributed by atoms with E-state index in [1.807, 2.05) is 0 Å². The van der Waals surface area contributed by atoms with Crippen LogP contribution < -0.4 is 10.5 Å². The maximum Gasteiger partial charge on any atom is 0.336 e. The zero-order chi connectivity index (χ0) is 12.3. The van der Waals surface area contributed by atoms with E-state index in [9.17, 15) is 9.59 Å². The summed E-state index contributed by atoms with van der Waals surface area (Å²) >= 11 is 0. The molecule has 0 amide bonds. The van der Waals surface area contributed by atoms with Gasteiger partial charge in [0.15, 0.2) is 0 Å². The van der Waals surface area contributed by atoms with Crippen molar-refractivity contribution in [3.8, 4) is 5.75 Å². The van der Waals surface area contributed by atoms with Crippen LogP contribution in [-0.2, 0) is 4.79 Å². The fraction of sp³-hybridized carbons (Fsp3) is 0.200. The third-order valence-corrected chi connectivity index (χ3v) is 2.09. The maximum atomic E-state index is 10.9. The highest BCUT2D eigenvalue weighted by Gasteiger charge is 2.21. The summed E-state index contributed by atoms with van der Waals surface area (Å²) in [4.78, 5) is 21.6. The smallest absolute Gasteiger partial charge is 0.336 e. The molecule has 4 N–H and O–H groups in total. The van der Waals surface area contributed by atoms with Crippen LogP contribution in [-0.4, -0.2) is 29.3 Å². The van der Waals surface area contributed by atoms with Gasteiger partial charge in [-0.3, -0.25) is 4.79 Å². The monoisotopic (exact) mass is 225 g/mol. The van der Waals surface area contributed by atoms with Crippen molar-refractivity contribution in [3.63, 3.8) is 0 Å². The van der Waals surface area contributed by atoms with Crippen molar-refractivity contribution in [2.45, 2.75) is 6.04 Å². The molecule has 0 fully saturated rings. The van der Waals surface area contributed by atoms with E-state index in [2.05, 4.69) is 0 Å². The van der Waals surface area contributed by atoms with Crippen LogP contribution in [0.25, 0.3) is 0 Å². The molecule has 1 aromatic rings. The molecule has 0 heterocycles. The molecule has 16 heavy (non-hydrogen) atoms. The van der Waals surface area contributed by atoms with E-state index >= 15 is 0 Å². The van der Waals surface area contributed by atoms with Gasteiger partial charge in [0.2, 0.25) is 0 Å². The van der Waals surface area contributed by atoms with E-state index < -0.39 is 18.0 Å². The second-order valence-corrected chi connectivity index (χ2v) is 3.07. The topological polar surface area (TPSA) is 110 Å². The Morgan fingerprint density at radius 3 is 2.44 bits per heavy atom. The SMILES string of the molecule is COc1ccc([C@H](N)C(=O)O)c(C(=O)O)c1. The van der Waals surface area contributed by atoms with Gasteiger partial charge >= 0.3 is 11.9 Å². The third kappa shape index (κ3) is 2.29. The van der Waals surface area contributed by atoms with Crippen LogP contribution in [0.15, 0.2) is 18.2 Å². The predicted molar refractivity (Wildman–Crippen MR) is 54.5 cm³/mol. The first kappa shape index (κ1) is 12.0. The van der Waals surface area contributed by atoms with Gasteiger partial charge in [0.05, 0.1) is 12.7 Å². The first-order valence-electron chi connectivity index (χ1n) is 4.37. The van der Waals surface area contributed by atoms with E-state index in [4.69, 9.17) is 20.7 Å². The number of carboxylic acid groups (broad SMARTS) is 2. The van der Waals surface area contributed by atoms with E-state index in [0.29, 0.717) is 5.75 Å². The molecule has 86 valence electrons. The molecule has 6 heteroatoms. The largest absolute Gasteiger partial charge is 0.497 e. The van der Waals surface area contributed by atoms with Gasteiger partial charge in [-0.05, 0) is 17.7 Å². The highest BCUT2D eigenvalue weighted by Crippen LogP contribution is 2.22. The lowest BCUT2D eigenvalue weighted by atomic mass is 10.0. The fourth-order valence-electron chi connectivity index (χ4n) is 1.25. The minimum Gasteiger partial charge on any atom is -0.497 e. The van der Waals surface area contributed by atoms with Crippen molar-refractivity contribution in [1.29, 1.82) is 0 Å². The van der Waals surface area contributed by atoms with Gasteiger partial charge in [0.25, 0.3) is 0 Å². The molecule has 1 atom stereocenters. The number of nitrogens with two attached hydrogens (primary N) is 1. The Labute approximate surface area is 91.3 Å². The summed E-state index contributed by atoms with van der Waals surface area (Å²) in [7, 11) is 1.39. The van der Waals surface area contributed by atoms with Gasteiger partial charge in [-0.25, -0.2) is 4.79 Å². The molecule has 6 nitrogen and oxygen atoms in total. The molecule has 0 unspecified atom stereocenters.